The normalized spacial score (nSPS) is 12.4. The smallest absolute Gasteiger partial charge is 0.193 e. The first-order chi connectivity index (χ1) is 7.36. The Bertz CT molecular complexity index is 496. The third kappa shape index (κ3) is 1.44. The van der Waals surface area contributed by atoms with Crippen molar-refractivity contribution in [1.29, 1.82) is 0 Å². The molecule has 0 aromatic heterocycles. The molecule has 0 spiro atoms. The predicted octanol–water partition coefficient (Wildman–Crippen LogP) is 2.70. The zero-order valence-corrected chi connectivity index (χ0v) is 8.64. The lowest BCUT2D eigenvalue weighted by atomic mass is 9.85. The molecule has 0 unspecified atom stereocenters. The maximum absolute atomic E-state index is 12.1. The topological polar surface area (TPSA) is 45.6 Å². The van der Waals surface area contributed by atoms with Crippen molar-refractivity contribution in [3.05, 3.63) is 70.8 Å². The molecule has 0 atom stereocenters. The molecule has 0 bridgehead atoms. The second-order valence-corrected chi connectivity index (χ2v) is 3.82. The lowest BCUT2D eigenvalue weighted by Gasteiger charge is -2.17. The first-order valence-corrected chi connectivity index (χ1v) is 5.07. The molecule has 0 saturated heterocycles. The van der Waals surface area contributed by atoms with Crippen LogP contribution in [0.25, 0.3) is 0 Å². The molecule has 0 heterocycles. The maximum Gasteiger partial charge on any atom is 0.193 e. The van der Waals surface area contributed by atoms with Crippen molar-refractivity contribution in [3.63, 3.8) is 0 Å². The molecule has 1 aliphatic rings. The summed E-state index contributed by atoms with van der Waals surface area (Å²) in [7, 11) is 0. The van der Waals surface area contributed by atoms with Gasteiger partial charge in [-0.15, -0.1) is 0 Å². The SMILES string of the molecule is O=C1c2ccccc2Cc2ccccc21.[O]. The Morgan fingerprint density at radius 3 is 1.69 bits per heavy atom. The van der Waals surface area contributed by atoms with E-state index in [1.165, 1.54) is 0 Å². The van der Waals surface area contributed by atoms with Gasteiger partial charge in [-0.05, 0) is 17.5 Å². The van der Waals surface area contributed by atoms with Crippen molar-refractivity contribution < 1.29 is 10.3 Å². The second kappa shape index (κ2) is 3.91. The van der Waals surface area contributed by atoms with Crippen molar-refractivity contribution >= 4 is 5.78 Å². The Morgan fingerprint density at radius 1 is 0.750 bits per heavy atom. The van der Waals surface area contributed by atoms with Crippen molar-refractivity contribution in [3.8, 4) is 0 Å². The van der Waals surface area contributed by atoms with Crippen molar-refractivity contribution in [2.45, 2.75) is 6.42 Å². The number of hydrogen-bond donors (Lipinski definition) is 0. The van der Waals surface area contributed by atoms with Crippen LogP contribution in [0.1, 0.15) is 27.0 Å². The van der Waals surface area contributed by atoms with Gasteiger partial charge >= 0.3 is 0 Å². The monoisotopic (exact) mass is 210 g/mol. The summed E-state index contributed by atoms with van der Waals surface area (Å²) in [6, 6.07) is 15.7. The molecular formula is C14H10O2. The van der Waals surface area contributed by atoms with Crippen LogP contribution in [-0.4, -0.2) is 5.78 Å². The van der Waals surface area contributed by atoms with Gasteiger partial charge in [-0.2, -0.15) is 0 Å². The van der Waals surface area contributed by atoms with Crippen molar-refractivity contribution in [2.75, 3.05) is 0 Å². The van der Waals surface area contributed by atoms with E-state index in [1.54, 1.807) is 0 Å². The Morgan fingerprint density at radius 2 is 1.19 bits per heavy atom. The molecule has 1 aliphatic carbocycles. The first-order valence-electron chi connectivity index (χ1n) is 5.07. The molecule has 2 radical (unpaired) electrons. The summed E-state index contributed by atoms with van der Waals surface area (Å²) >= 11 is 0. The number of benzene rings is 2. The fourth-order valence-electron chi connectivity index (χ4n) is 2.14. The van der Waals surface area contributed by atoms with Gasteiger partial charge in [0.15, 0.2) is 5.78 Å². The number of rotatable bonds is 0. The third-order valence-corrected chi connectivity index (χ3v) is 2.90. The average Bonchev–Trinajstić information content (AvgIpc) is 2.30. The van der Waals surface area contributed by atoms with Crippen LogP contribution in [0.3, 0.4) is 0 Å². The summed E-state index contributed by atoms with van der Waals surface area (Å²) < 4.78 is 0. The molecule has 2 nitrogen and oxygen atoms in total. The molecule has 2 aromatic rings. The largest absolute Gasteiger partial charge is 0.289 e. The van der Waals surface area contributed by atoms with E-state index in [0.717, 1.165) is 28.7 Å². The Labute approximate surface area is 93.9 Å². The summed E-state index contributed by atoms with van der Waals surface area (Å²) in [5.74, 6) is 0.160. The quantitative estimate of drug-likeness (QED) is 0.562. The van der Waals surface area contributed by atoms with Gasteiger partial charge in [0.25, 0.3) is 0 Å². The van der Waals surface area contributed by atoms with Crippen LogP contribution < -0.4 is 0 Å². The summed E-state index contributed by atoms with van der Waals surface area (Å²) in [5.41, 5.74) is 4.00. The Balaban J connectivity index is 0.000000963. The summed E-state index contributed by atoms with van der Waals surface area (Å²) in [6.45, 7) is 0. The first kappa shape index (κ1) is 10.6. The maximum atomic E-state index is 12.1. The average molecular weight is 210 g/mol. The standard InChI is InChI=1S/C14H10O.O/c15-14-12-7-3-1-5-10(12)9-11-6-2-4-8-13(11)14;/h1-8H,9H2;. The van der Waals surface area contributed by atoms with Crippen molar-refractivity contribution in [2.24, 2.45) is 0 Å². The van der Waals surface area contributed by atoms with Crippen LogP contribution in [0.2, 0.25) is 0 Å². The van der Waals surface area contributed by atoms with Gasteiger partial charge in [0.2, 0.25) is 0 Å². The van der Waals surface area contributed by atoms with Gasteiger partial charge in [-0.3, -0.25) is 4.79 Å². The number of fused-ring (bicyclic) bond motifs is 2. The van der Waals surface area contributed by atoms with E-state index in [2.05, 4.69) is 0 Å². The fourth-order valence-corrected chi connectivity index (χ4v) is 2.14. The van der Waals surface area contributed by atoms with Crippen LogP contribution in [0, 0.1) is 0 Å². The summed E-state index contributed by atoms with van der Waals surface area (Å²) in [4.78, 5) is 12.1. The lowest BCUT2D eigenvalue weighted by molar-refractivity contribution is 0.103. The van der Waals surface area contributed by atoms with E-state index in [4.69, 9.17) is 0 Å². The number of ketones is 1. The minimum absolute atomic E-state index is 0. The Kier molecular flexibility index (Phi) is 2.59. The highest BCUT2D eigenvalue weighted by Crippen LogP contribution is 2.26. The summed E-state index contributed by atoms with van der Waals surface area (Å²) in [6.07, 6.45) is 0.873. The van der Waals surface area contributed by atoms with Gasteiger partial charge in [-0.1, -0.05) is 48.5 Å². The van der Waals surface area contributed by atoms with E-state index in [0.29, 0.717) is 0 Å². The number of hydrogen-bond acceptors (Lipinski definition) is 1. The molecule has 0 aliphatic heterocycles. The van der Waals surface area contributed by atoms with Gasteiger partial charge in [-0.25, -0.2) is 0 Å². The fraction of sp³-hybridized carbons (Fsp3) is 0.0714. The summed E-state index contributed by atoms with van der Waals surface area (Å²) in [5, 5.41) is 0. The predicted molar refractivity (Wildman–Crippen MR) is 59.8 cm³/mol. The van der Waals surface area contributed by atoms with E-state index < -0.39 is 0 Å². The van der Waals surface area contributed by atoms with Crippen LogP contribution in [0.5, 0.6) is 0 Å². The molecule has 0 amide bonds. The molecule has 78 valence electrons. The third-order valence-electron chi connectivity index (χ3n) is 2.90. The molecule has 3 rings (SSSR count). The number of carbonyl (C=O) groups is 1. The minimum Gasteiger partial charge on any atom is -0.289 e. The molecule has 0 fully saturated rings. The minimum atomic E-state index is 0. The van der Waals surface area contributed by atoms with Gasteiger partial charge < -0.3 is 0 Å². The van der Waals surface area contributed by atoms with E-state index in [9.17, 15) is 4.79 Å². The van der Waals surface area contributed by atoms with Crippen LogP contribution >= 0.6 is 0 Å². The zero-order valence-electron chi connectivity index (χ0n) is 8.64. The Hall–Kier alpha value is -1.93. The van der Waals surface area contributed by atoms with Crippen LogP contribution in [0.15, 0.2) is 48.5 Å². The zero-order chi connectivity index (χ0) is 10.3. The number of carbonyl (C=O) groups excluding carboxylic acids is 1. The highest BCUT2D eigenvalue weighted by Gasteiger charge is 2.21. The molecule has 0 saturated carbocycles. The highest BCUT2D eigenvalue weighted by atomic mass is 16.1. The molecule has 2 heteroatoms. The highest BCUT2D eigenvalue weighted by molar-refractivity contribution is 6.12. The van der Waals surface area contributed by atoms with Gasteiger partial charge in [0.1, 0.15) is 0 Å². The van der Waals surface area contributed by atoms with Gasteiger partial charge in [0, 0.05) is 16.6 Å². The second-order valence-electron chi connectivity index (χ2n) is 3.82. The molecular weight excluding hydrogens is 200 g/mol. The van der Waals surface area contributed by atoms with Gasteiger partial charge in [0.05, 0.1) is 0 Å². The van der Waals surface area contributed by atoms with E-state index in [1.807, 2.05) is 48.5 Å². The molecule has 16 heavy (non-hydrogen) atoms. The van der Waals surface area contributed by atoms with Crippen LogP contribution in [0.4, 0.5) is 0 Å². The van der Waals surface area contributed by atoms with E-state index >= 15 is 0 Å². The molecule has 0 N–H and O–H groups in total. The lowest BCUT2D eigenvalue weighted by Crippen LogP contribution is -2.14. The van der Waals surface area contributed by atoms with Crippen LogP contribution in [-0.2, 0) is 11.9 Å². The van der Waals surface area contributed by atoms with Crippen molar-refractivity contribution in [1.82, 2.24) is 0 Å². The van der Waals surface area contributed by atoms with E-state index in [-0.39, 0.29) is 11.3 Å². The molecule has 2 aromatic carbocycles.